The summed E-state index contributed by atoms with van der Waals surface area (Å²) < 4.78 is 21.8. The van der Waals surface area contributed by atoms with Crippen molar-refractivity contribution in [3.8, 4) is 0 Å². The van der Waals surface area contributed by atoms with E-state index in [1.807, 2.05) is 21.1 Å². The summed E-state index contributed by atoms with van der Waals surface area (Å²) in [6.07, 6.45) is 0.657. The molecule has 0 saturated carbocycles. The van der Waals surface area contributed by atoms with Crippen LogP contribution in [0.25, 0.3) is 0 Å². The van der Waals surface area contributed by atoms with Crippen LogP contribution in [0, 0.1) is 0 Å². The zero-order chi connectivity index (χ0) is 15.8. The fourth-order valence-electron chi connectivity index (χ4n) is 1.23. The van der Waals surface area contributed by atoms with E-state index >= 15 is 0 Å². The second-order valence-electron chi connectivity index (χ2n) is 5.54. The number of hydrogen-bond donors (Lipinski definition) is 2. The molecular formula is C12H26N2O5P+. The van der Waals surface area contributed by atoms with Crippen molar-refractivity contribution >= 4 is 13.7 Å². The van der Waals surface area contributed by atoms with Gasteiger partial charge in [-0.15, -0.1) is 0 Å². The summed E-state index contributed by atoms with van der Waals surface area (Å²) >= 11 is 0. The maximum atomic E-state index is 11.5. The first-order chi connectivity index (χ1) is 9.03. The van der Waals surface area contributed by atoms with Crippen LogP contribution in [0.4, 0.5) is 0 Å². The Labute approximate surface area is 120 Å². The molecule has 0 rings (SSSR count). The molecule has 0 aliphatic rings. The topological polar surface area (TPSA) is 84.9 Å². The number of amides is 1. The van der Waals surface area contributed by atoms with E-state index in [1.54, 1.807) is 6.92 Å². The predicted molar refractivity (Wildman–Crippen MR) is 77.1 cm³/mol. The van der Waals surface area contributed by atoms with Crippen LogP contribution in [0.1, 0.15) is 13.3 Å². The number of nitrogens with zero attached hydrogens (tertiary/aromatic N) is 1. The summed E-state index contributed by atoms with van der Waals surface area (Å²) in [6.45, 7) is 6.05. The van der Waals surface area contributed by atoms with Gasteiger partial charge in [0.1, 0.15) is 0 Å². The van der Waals surface area contributed by atoms with Crippen molar-refractivity contribution in [1.82, 2.24) is 5.32 Å². The molecule has 0 aromatic heterocycles. The van der Waals surface area contributed by atoms with Gasteiger partial charge in [-0.1, -0.05) is 6.58 Å². The lowest BCUT2D eigenvalue weighted by Crippen LogP contribution is -2.35. The van der Waals surface area contributed by atoms with E-state index in [-0.39, 0.29) is 25.7 Å². The Balaban J connectivity index is 3.77. The second kappa shape index (κ2) is 8.54. The maximum absolute atomic E-state index is 11.5. The third-order valence-electron chi connectivity index (χ3n) is 2.26. The van der Waals surface area contributed by atoms with Crippen molar-refractivity contribution in [2.24, 2.45) is 0 Å². The van der Waals surface area contributed by atoms with Gasteiger partial charge in [0.25, 0.3) is 0 Å². The highest BCUT2D eigenvalue weighted by molar-refractivity contribution is 7.47. The standard InChI is InChI=1S/C12H25N2O5P/c1-11(2)12(15)13-7-10-19-20(16,17)18-9-6-8-14(3,4)5/h1,6-10H2,2-5H3,(H-,13,15,16,17)/p+1. The molecule has 1 unspecified atom stereocenters. The largest absolute Gasteiger partial charge is 0.472 e. The minimum atomic E-state index is -4.04. The molecule has 0 heterocycles. The van der Waals surface area contributed by atoms with E-state index in [2.05, 4.69) is 11.9 Å². The van der Waals surface area contributed by atoms with E-state index < -0.39 is 7.82 Å². The first-order valence-electron chi connectivity index (χ1n) is 6.39. The Morgan fingerprint density at radius 3 is 2.35 bits per heavy atom. The van der Waals surface area contributed by atoms with Gasteiger partial charge in [0.05, 0.1) is 40.9 Å². The van der Waals surface area contributed by atoms with Crippen LogP contribution in [0.15, 0.2) is 12.2 Å². The molecule has 7 nitrogen and oxygen atoms in total. The molecule has 2 N–H and O–H groups in total. The molecule has 0 saturated heterocycles. The molecule has 0 fully saturated rings. The lowest BCUT2D eigenvalue weighted by molar-refractivity contribution is -0.870. The first-order valence-corrected chi connectivity index (χ1v) is 7.89. The molecule has 8 heteroatoms. The van der Waals surface area contributed by atoms with E-state index in [4.69, 9.17) is 9.05 Å². The summed E-state index contributed by atoms with van der Waals surface area (Å²) in [4.78, 5) is 20.5. The van der Waals surface area contributed by atoms with E-state index in [0.29, 0.717) is 12.0 Å². The zero-order valence-corrected chi connectivity index (χ0v) is 13.6. The predicted octanol–water partition coefficient (Wildman–Crippen LogP) is 0.909. The number of rotatable bonds is 10. The monoisotopic (exact) mass is 309 g/mol. The number of carbonyl (C=O) groups is 1. The maximum Gasteiger partial charge on any atom is 0.472 e. The fourth-order valence-corrected chi connectivity index (χ4v) is 1.99. The Kier molecular flexibility index (Phi) is 8.23. The number of carbonyl (C=O) groups excluding carboxylic acids is 1. The Morgan fingerprint density at radius 2 is 1.85 bits per heavy atom. The number of phosphoric ester groups is 1. The summed E-state index contributed by atoms with van der Waals surface area (Å²) in [5.74, 6) is -0.315. The molecule has 0 aliphatic carbocycles. The molecule has 0 aromatic carbocycles. The molecule has 0 radical (unpaired) electrons. The van der Waals surface area contributed by atoms with Gasteiger partial charge >= 0.3 is 7.82 Å². The molecular weight excluding hydrogens is 283 g/mol. The first kappa shape index (κ1) is 19.3. The summed E-state index contributed by atoms with van der Waals surface area (Å²) in [5.41, 5.74) is 0.369. The smallest absolute Gasteiger partial charge is 0.350 e. The van der Waals surface area contributed by atoms with Crippen LogP contribution < -0.4 is 5.32 Å². The SMILES string of the molecule is C=C(C)C(=O)NCCOP(=O)(O)OCCC[N+](C)(C)C. The van der Waals surface area contributed by atoms with Gasteiger partial charge in [-0.25, -0.2) is 4.57 Å². The normalized spacial score (nSPS) is 14.7. The van der Waals surface area contributed by atoms with Crippen LogP contribution in [0.3, 0.4) is 0 Å². The lowest BCUT2D eigenvalue weighted by atomic mass is 10.3. The molecule has 1 amide bonds. The van der Waals surface area contributed by atoms with Gasteiger partial charge in [0, 0.05) is 18.5 Å². The average Bonchev–Trinajstić information content (AvgIpc) is 2.29. The van der Waals surface area contributed by atoms with Crippen molar-refractivity contribution in [3.05, 3.63) is 12.2 Å². The summed E-state index contributed by atoms with van der Waals surface area (Å²) in [5, 5.41) is 2.49. The van der Waals surface area contributed by atoms with Gasteiger partial charge in [0.2, 0.25) is 5.91 Å². The molecule has 0 aliphatic heterocycles. The Morgan fingerprint density at radius 1 is 1.30 bits per heavy atom. The number of hydrogen-bond acceptors (Lipinski definition) is 4. The Hall–Kier alpha value is -0.720. The highest BCUT2D eigenvalue weighted by Crippen LogP contribution is 2.42. The zero-order valence-electron chi connectivity index (χ0n) is 12.7. The number of nitrogens with one attached hydrogen (secondary N) is 1. The third-order valence-corrected chi connectivity index (χ3v) is 3.28. The van der Waals surface area contributed by atoms with Crippen molar-refractivity contribution < 1.29 is 27.8 Å². The minimum absolute atomic E-state index is 0.0951. The van der Waals surface area contributed by atoms with Crippen LogP contribution in [-0.2, 0) is 18.4 Å². The number of phosphoric acid groups is 1. The molecule has 0 aromatic rings. The van der Waals surface area contributed by atoms with Gasteiger partial charge in [-0.05, 0) is 6.92 Å². The van der Waals surface area contributed by atoms with E-state index in [1.165, 1.54) is 0 Å². The summed E-state index contributed by atoms with van der Waals surface area (Å²) in [7, 11) is 2.04. The number of quaternary nitrogens is 1. The van der Waals surface area contributed by atoms with E-state index in [0.717, 1.165) is 11.0 Å². The minimum Gasteiger partial charge on any atom is -0.350 e. The van der Waals surface area contributed by atoms with Gasteiger partial charge in [-0.3, -0.25) is 13.8 Å². The van der Waals surface area contributed by atoms with E-state index in [9.17, 15) is 14.3 Å². The molecule has 0 bridgehead atoms. The molecule has 20 heavy (non-hydrogen) atoms. The summed E-state index contributed by atoms with van der Waals surface area (Å²) in [6, 6.07) is 0. The van der Waals surface area contributed by atoms with Gasteiger partial charge < -0.3 is 14.7 Å². The highest BCUT2D eigenvalue weighted by atomic mass is 31.2. The van der Waals surface area contributed by atoms with Crippen LogP contribution in [0.5, 0.6) is 0 Å². The van der Waals surface area contributed by atoms with Crippen molar-refractivity contribution in [2.45, 2.75) is 13.3 Å². The Bertz CT molecular complexity index is 379. The van der Waals surface area contributed by atoms with Gasteiger partial charge in [0.15, 0.2) is 0 Å². The van der Waals surface area contributed by atoms with Gasteiger partial charge in [-0.2, -0.15) is 0 Å². The quantitative estimate of drug-likeness (QED) is 0.271. The molecule has 0 spiro atoms. The molecule has 118 valence electrons. The molecule has 1 atom stereocenters. The van der Waals surface area contributed by atoms with Crippen LogP contribution >= 0.6 is 7.82 Å². The van der Waals surface area contributed by atoms with Crippen molar-refractivity contribution in [1.29, 1.82) is 0 Å². The second-order valence-corrected chi connectivity index (χ2v) is 6.99. The van der Waals surface area contributed by atoms with Crippen molar-refractivity contribution in [2.75, 3.05) is 47.4 Å². The van der Waals surface area contributed by atoms with Crippen LogP contribution in [0.2, 0.25) is 0 Å². The fraction of sp³-hybridized carbons (Fsp3) is 0.750. The van der Waals surface area contributed by atoms with Crippen molar-refractivity contribution in [3.63, 3.8) is 0 Å². The average molecular weight is 309 g/mol. The third kappa shape index (κ3) is 11.1. The lowest BCUT2D eigenvalue weighted by Gasteiger charge is -2.23. The highest BCUT2D eigenvalue weighted by Gasteiger charge is 2.21. The van der Waals surface area contributed by atoms with Crippen LogP contribution in [-0.4, -0.2) is 62.7 Å².